The minimum absolute atomic E-state index is 0. The van der Waals surface area contributed by atoms with Gasteiger partial charge in [-0.2, -0.15) is 61.5 Å². The number of halogens is 18. The van der Waals surface area contributed by atoms with Crippen LogP contribution >= 0.6 is 0 Å². The van der Waals surface area contributed by atoms with Gasteiger partial charge in [0.05, 0.1) is 21.3 Å². The van der Waals surface area contributed by atoms with E-state index in [1.165, 1.54) is 77.4 Å². The van der Waals surface area contributed by atoms with Crippen LogP contribution in [0.25, 0.3) is 22.3 Å². The smallest absolute Gasteiger partial charge is 0.743 e. The Morgan fingerprint density at radius 3 is 0.737 bits per heavy atom. The Labute approximate surface area is 692 Å². The molecule has 9 aromatic carbocycles. The Balaban J connectivity index is -0.000000190. The number of phenols is 4. The molecule has 114 heavy (non-hydrogen) atoms. The molecule has 0 fully saturated rings. The van der Waals surface area contributed by atoms with Gasteiger partial charge in [-0.15, -0.1) is 0 Å². The minimum Gasteiger partial charge on any atom is -0.743 e. The molecule has 0 atom stereocenters. The largest absolute Gasteiger partial charge is 1.00 e. The summed E-state index contributed by atoms with van der Waals surface area (Å²) in [6, 6.07) is 54.5. The second kappa shape index (κ2) is 53.7. The Bertz CT molecular complexity index is 4280. The van der Waals surface area contributed by atoms with Crippen molar-refractivity contribution < 1.29 is 239 Å². The van der Waals surface area contributed by atoms with Gasteiger partial charge in [0, 0.05) is 20.3 Å². The number of benzene rings is 9. The zero-order valence-corrected chi connectivity index (χ0v) is 62.6. The van der Waals surface area contributed by atoms with Crippen molar-refractivity contribution in [1.29, 1.82) is 0 Å². The van der Waals surface area contributed by atoms with E-state index in [9.17, 15) is 109 Å². The molecule has 9 rings (SSSR count). The molecule has 44 heteroatoms. The summed E-state index contributed by atoms with van der Waals surface area (Å²) in [7, 11) is -11.9. The van der Waals surface area contributed by atoms with Crippen LogP contribution in [0.2, 0.25) is 0 Å². The Morgan fingerprint density at radius 1 is 0.325 bits per heavy atom. The third-order valence-corrected chi connectivity index (χ3v) is 14.5. The summed E-state index contributed by atoms with van der Waals surface area (Å²) in [6.07, 6.45) is -17.2. The van der Waals surface area contributed by atoms with E-state index in [1.807, 2.05) is 60.7 Å². The van der Waals surface area contributed by atoms with Crippen LogP contribution in [0.15, 0.2) is 212 Å². The van der Waals surface area contributed by atoms with Gasteiger partial charge in [0.1, 0.15) is 51.7 Å². The number of phenolic OH excluding ortho intramolecular Hbond substituents is 4. The zero-order valence-electron chi connectivity index (χ0n) is 58.1. The van der Waals surface area contributed by atoms with Crippen LogP contribution in [-0.4, -0.2) is 129 Å². The van der Waals surface area contributed by atoms with Gasteiger partial charge in [-0.05, 0) is 138 Å². The SMILES string of the molecule is C.C.C.C.COC.COc1ccc(-c2ccc(C)cc2)cc1.COc1ccc(OC)cc1.F.F.O=S(=O)([O-])C(F)(F)C(F)(F)Oc1c(F)c(F)cc(F)c1F.O=S(=O)([O-])C(F)(F)C(F)(F)Oc1ccccc1.O=S(=O)([O-])C(F)(F)C(F)(F)Oc1ccccc1.Oc1ccc(-c2ccc(O)cc2)cc1.Oc1ccc(O)cc1.[Li+].[Li+].[Na+]. The molecule has 0 amide bonds. The van der Waals surface area contributed by atoms with Crippen LogP contribution in [0.3, 0.4) is 0 Å². The monoisotopic (exact) mass is 1710 g/mol. The molecule has 0 heterocycles. The normalized spacial score (nSPS) is 10.6. The molecule has 622 valence electrons. The second-order valence-corrected chi connectivity index (χ2v) is 23.9. The molecule has 9 aromatic rings. The van der Waals surface area contributed by atoms with Crippen LogP contribution in [0.4, 0.5) is 79.7 Å². The van der Waals surface area contributed by atoms with Gasteiger partial charge in [0.15, 0.2) is 42.0 Å². The molecule has 0 saturated heterocycles. The first-order valence-corrected chi connectivity index (χ1v) is 32.2. The maximum Gasteiger partial charge on any atom is 1.00 e. The van der Waals surface area contributed by atoms with Crippen molar-refractivity contribution in [3.63, 3.8) is 0 Å². The number of aromatic hydroxyl groups is 4. The van der Waals surface area contributed by atoms with Gasteiger partial charge in [-0.25, -0.2) is 34.0 Å². The summed E-state index contributed by atoms with van der Waals surface area (Å²) in [5, 5.41) is 17.3. The van der Waals surface area contributed by atoms with Crippen molar-refractivity contribution in [2.24, 2.45) is 0 Å². The van der Waals surface area contributed by atoms with Crippen molar-refractivity contribution >= 4 is 30.4 Å². The number of hydrogen-bond acceptors (Lipinski definition) is 20. The van der Waals surface area contributed by atoms with E-state index in [4.69, 9.17) is 34.6 Å². The molecule has 4 N–H and O–H groups in total. The molecule has 0 aromatic heterocycles. The fourth-order valence-electron chi connectivity index (χ4n) is 6.66. The molecule has 0 radical (unpaired) electrons. The van der Waals surface area contributed by atoms with Gasteiger partial charge in [0.25, 0.3) is 0 Å². The average molecular weight is 1710 g/mol. The number of aryl methyl sites for hydroxylation is 1. The van der Waals surface area contributed by atoms with Crippen LogP contribution in [0, 0.1) is 30.2 Å². The third kappa shape index (κ3) is 37.5. The molecule has 0 unspecified atom stereocenters. The number of ether oxygens (including phenoxy) is 7. The fraction of sp³-hybridized carbons (Fsp3) is 0.229. The average Bonchev–Trinajstić information content (AvgIpc) is 0.773. The van der Waals surface area contributed by atoms with Crippen LogP contribution in [-0.2, 0) is 35.1 Å². The van der Waals surface area contributed by atoms with Crippen molar-refractivity contribution in [3.8, 4) is 79.7 Å². The first kappa shape index (κ1) is 121. The van der Waals surface area contributed by atoms with E-state index < -0.39 is 111 Å². The molecule has 0 bridgehead atoms. The van der Waals surface area contributed by atoms with Crippen molar-refractivity contribution in [3.05, 3.63) is 241 Å². The minimum atomic E-state index is -7.02. The van der Waals surface area contributed by atoms with E-state index in [2.05, 4.69) is 62.3 Å². The number of hydrogen-bond donors (Lipinski definition) is 4. The van der Waals surface area contributed by atoms with Gasteiger partial charge >= 0.3 is 101 Å². The van der Waals surface area contributed by atoms with Crippen molar-refractivity contribution in [1.82, 2.24) is 0 Å². The molecular weight excluding hydrogens is 1640 g/mol. The van der Waals surface area contributed by atoms with Crippen molar-refractivity contribution in [2.45, 2.75) is 70.7 Å². The second-order valence-electron chi connectivity index (χ2n) is 19.7. The van der Waals surface area contributed by atoms with Gasteiger partial charge in [-0.3, -0.25) is 9.41 Å². The van der Waals surface area contributed by atoms with E-state index in [0.29, 0.717) is 0 Å². The van der Waals surface area contributed by atoms with Crippen molar-refractivity contribution in [2.75, 3.05) is 35.5 Å². The zero-order chi connectivity index (χ0) is 80.2. The molecule has 0 spiro atoms. The maximum absolute atomic E-state index is 12.9. The number of alkyl halides is 12. The molecule has 20 nitrogen and oxygen atoms in total. The fourth-order valence-corrected chi connectivity index (χ4v) is 7.66. The number of rotatable bonds is 17. The van der Waals surface area contributed by atoms with E-state index >= 15 is 0 Å². The summed E-state index contributed by atoms with van der Waals surface area (Å²) in [6.45, 7) is 2.10. The number of methoxy groups -OCH3 is 4. The van der Waals surface area contributed by atoms with E-state index in [1.54, 1.807) is 59.8 Å². The Kier molecular flexibility index (Phi) is 57.1. The standard InChI is InChI=1S/C14H14O.C12H10O2.C8H2F8O4S.2C8H6F4O4S.C8H10O2.C6H6O2.C2H6O.4CH4.2FH.2Li.Na/c1-11-3-5-12(6-4-11)13-7-9-14(15-2)10-8-13;13-11-5-1-9(2-6-11)10-3-7-12(14)8-4-10;9-2-1-3(10)5(12)6(4(2)11)20-7(13,14)8(15,16)21(17,18)19;2*9-7(10,8(11,12)17(13,14)15)16-6-4-2-1-3-5-6;1-9-7-3-5-8(10-2)6-4-7;7-5-1-2-6(8)4-3-5;1-3-2;;;;;;;;;/h3-10H,1-2H3;1-8,13-14H;1H,(H,17,18,19);2*1-5H,(H,13,14,15);3-6H,1-2H3;1-4,7-8H;1-2H3;4*1H4;2*1H;;;/q;;;;;;;;;;;;;;3*+1/p-3. The van der Waals surface area contributed by atoms with Gasteiger partial charge in [-0.1, -0.05) is 132 Å². The molecule has 0 aliphatic heterocycles. The third-order valence-electron chi connectivity index (χ3n) is 11.9. The summed E-state index contributed by atoms with van der Waals surface area (Å²) in [5.41, 5.74) is 5.77. The topological polar surface area (TPSA) is 317 Å². The molecule has 0 aliphatic rings. The predicted octanol–water partition coefficient (Wildman–Crippen LogP) is 9.31. The van der Waals surface area contributed by atoms with E-state index in [0.717, 1.165) is 52.6 Å². The Hall–Kier alpha value is -8.40. The molecule has 0 saturated carbocycles. The quantitative estimate of drug-likeness (QED) is 0.0217. The summed E-state index contributed by atoms with van der Waals surface area (Å²) in [4.78, 5) is 0. The summed E-state index contributed by atoms with van der Waals surface area (Å²) >= 11 is 0. The van der Waals surface area contributed by atoms with Crippen LogP contribution in [0.1, 0.15) is 35.3 Å². The summed E-state index contributed by atoms with van der Waals surface area (Å²) < 4.78 is 323. The molecular formula is C70H75F18Li2NaO20S3. The predicted molar refractivity (Wildman–Crippen MR) is 372 cm³/mol. The van der Waals surface area contributed by atoms with Gasteiger partial charge in [0.2, 0.25) is 17.4 Å². The first-order valence-electron chi connectivity index (χ1n) is 28.0. The summed E-state index contributed by atoms with van der Waals surface area (Å²) in [5.74, 6) is -10.4. The first-order chi connectivity index (χ1) is 48.5. The van der Waals surface area contributed by atoms with Crippen LogP contribution < -0.4 is 95.7 Å². The molecule has 0 aliphatic carbocycles. The van der Waals surface area contributed by atoms with Gasteiger partial charge < -0.3 is 67.2 Å². The number of para-hydroxylation sites is 2. The van der Waals surface area contributed by atoms with Crippen LogP contribution in [0.5, 0.6) is 57.5 Å². The Morgan fingerprint density at radius 2 is 0.518 bits per heavy atom. The van der Waals surface area contributed by atoms with E-state index in [-0.39, 0.29) is 129 Å². The maximum atomic E-state index is 12.9.